The van der Waals surface area contributed by atoms with Gasteiger partial charge in [0.05, 0.1) is 6.04 Å². The molecule has 0 radical (unpaired) electrons. The standard InChI is InChI=1S/C11H22N2O/c1-8(2)7-10(12)11(14)13(3)9-5-4-6-9/h8-10H,4-7,12H2,1-3H3. The van der Waals surface area contributed by atoms with Crippen LogP contribution in [0, 0.1) is 5.92 Å². The Labute approximate surface area is 86.6 Å². The van der Waals surface area contributed by atoms with Crippen molar-refractivity contribution in [3.8, 4) is 0 Å². The van der Waals surface area contributed by atoms with Crippen LogP contribution in [0.2, 0.25) is 0 Å². The molecule has 0 heterocycles. The van der Waals surface area contributed by atoms with Crippen molar-refractivity contribution in [3.05, 3.63) is 0 Å². The summed E-state index contributed by atoms with van der Waals surface area (Å²) in [5.74, 6) is 0.604. The molecule has 1 aliphatic carbocycles. The van der Waals surface area contributed by atoms with Gasteiger partial charge in [-0.15, -0.1) is 0 Å². The van der Waals surface area contributed by atoms with Crippen molar-refractivity contribution in [1.82, 2.24) is 4.90 Å². The number of hydrogen-bond donors (Lipinski definition) is 1. The van der Waals surface area contributed by atoms with Crippen LogP contribution in [0.5, 0.6) is 0 Å². The van der Waals surface area contributed by atoms with E-state index >= 15 is 0 Å². The van der Waals surface area contributed by atoms with E-state index in [0.29, 0.717) is 12.0 Å². The van der Waals surface area contributed by atoms with Crippen molar-refractivity contribution in [2.75, 3.05) is 7.05 Å². The molecule has 14 heavy (non-hydrogen) atoms. The second-order valence-corrected chi connectivity index (χ2v) is 4.77. The van der Waals surface area contributed by atoms with Crippen molar-refractivity contribution < 1.29 is 4.79 Å². The lowest BCUT2D eigenvalue weighted by molar-refractivity contribution is -0.135. The number of hydrogen-bond acceptors (Lipinski definition) is 2. The molecular formula is C11H22N2O. The summed E-state index contributed by atoms with van der Waals surface area (Å²) < 4.78 is 0. The van der Waals surface area contributed by atoms with Gasteiger partial charge in [0.2, 0.25) is 5.91 Å². The number of nitrogens with two attached hydrogens (primary N) is 1. The summed E-state index contributed by atoms with van der Waals surface area (Å²) >= 11 is 0. The van der Waals surface area contributed by atoms with Crippen molar-refractivity contribution >= 4 is 5.91 Å². The summed E-state index contributed by atoms with van der Waals surface area (Å²) in [5.41, 5.74) is 5.84. The van der Waals surface area contributed by atoms with Crippen LogP contribution in [-0.4, -0.2) is 29.9 Å². The molecule has 1 atom stereocenters. The van der Waals surface area contributed by atoms with E-state index in [1.54, 1.807) is 0 Å². The molecule has 0 bridgehead atoms. The Morgan fingerprint density at radius 3 is 2.43 bits per heavy atom. The van der Waals surface area contributed by atoms with Gasteiger partial charge in [0.1, 0.15) is 0 Å². The van der Waals surface area contributed by atoms with Gasteiger partial charge in [0.25, 0.3) is 0 Å². The van der Waals surface area contributed by atoms with Crippen LogP contribution in [-0.2, 0) is 4.79 Å². The Morgan fingerprint density at radius 2 is 2.07 bits per heavy atom. The van der Waals surface area contributed by atoms with E-state index in [4.69, 9.17) is 5.73 Å². The van der Waals surface area contributed by atoms with E-state index in [-0.39, 0.29) is 11.9 Å². The summed E-state index contributed by atoms with van der Waals surface area (Å²) in [4.78, 5) is 13.7. The number of carbonyl (C=O) groups is 1. The van der Waals surface area contributed by atoms with Gasteiger partial charge in [0, 0.05) is 13.1 Å². The first kappa shape index (κ1) is 11.5. The highest BCUT2D eigenvalue weighted by molar-refractivity contribution is 5.81. The maximum atomic E-state index is 11.8. The second kappa shape index (κ2) is 4.78. The zero-order valence-electron chi connectivity index (χ0n) is 9.49. The molecule has 1 amide bonds. The van der Waals surface area contributed by atoms with Crippen molar-refractivity contribution in [3.63, 3.8) is 0 Å². The highest BCUT2D eigenvalue weighted by atomic mass is 16.2. The van der Waals surface area contributed by atoms with E-state index in [9.17, 15) is 4.79 Å². The molecule has 0 aromatic carbocycles. The predicted molar refractivity (Wildman–Crippen MR) is 57.8 cm³/mol. The van der Waals surface area contributed by atoms with Gasteiger partial charge >= 0.3 is 0 Å². The molecule has 0 aromatic heterocycles. The minimum Gasteiger partial charge on any atom is -0.341 e. The maximum absolute atomic E-state index is 11.8. The van der Waals surface area contributed by atoms with Gasteiger partial charge in [-0.05, 0) is 31.6 Å². The molecular weight excluding hydrogens is 176 g/mol. The van der Waals surface area contributed by atoms with Gasteiger partial charge < -0.3 is 10.6 Å². The molecule has 82 valence electrons. The lowest BCUT2D eigenvalue weighted by atomic mass is 9.91. The van der Waals surface area contributed by atoms with Crippen LogP contribution < -0.4 is 5.73 Å². The fourth-order valence-corrected chi connectivity index (χ4v) is 1.82. The fourth-order valence-electron chi connectivity index (χ4n) is 1.82. The number of amides is 1. The topological polar surface area (TPSA) is 46.3 Å². The van der Waals surface area contributed by atoms with Crippen LogP contribution >= 0.6 is 0 Å². The van der Waals surface area contributed by atoms with Crippen LogP contribution in [0.15, 0.2) is 0 Å². The molecule has 1 saturated carbocycles. The highest BCUT2D eigenvalue weighted by Gasteiger charge is 2.28. The van der Waals surface area contributed by atoms with Crippen LogP contribution in [0.4, 0.5) is 0 Å². The van der Waals surface area contributed by atoms with Gasteiger partial charge in [-0.3, -0.25) is 4.79 Å². The van der Waals surface area contributed by atoms with E-state index in [0.717, 1.165) is 19.3 Å². The van der Waals surface area contributed by atoms with E-state index in [2.05, 4.69) is 13.8 Å². The second-order valence-electron chi connectivity index (χ2n) is 4.77. The molecule has 0 aromatic rings. The van der Waals surface area contributed by atoms with Crippen LogP contribution in [0.1, 0.15) is 39.5 Å². The first-order chi connectivity index (χ1) is 6.52. The fraction of sp³-hybridized carbons (Fsp3) is 0.909. The van der Waals surface area contributed by atoms with E-state index in [1.165, 1.54) is 6.42 Å². The molecule has 1 aliphatic rings. The SMILES string of the molecule is CC(C)CC(N)C(=O)N(C)C1CCC1. The van der Waals surface area contributed by atoms with Crippen molar-refractivity contribution in [2.45, 2.75) is 51.6 Å². The Kier molecular flexibility index (Phi) is 3.93. The Balaban J connectivity index is 2.38. The number of rotatable bonds is 4. The van der Waals surface area contributed by atoms with Crippen LogP contribution in [0.3, 0.4) is 0 Å². The Morgan fingerprint density at radius 1 is 1.50 bits per heavy atom. The molecule has 1 rings (SSSR count). The van der Waals surface area contributed by atoms with Crippen molar-refractivity contribution in [1.29, 1.82) is 0 Å². The zero-order chi connectivity index (χ0) is 10.7. The van der Waals surface area contributed by atoms with Crippen LogP contribution in [0.25, 0.3) is 0 Å². The third kappa shape index (κ3) is 2.71. The highest BCUT2D eigenvalue weighted by Crippen LogP contribution is 2.24. The summed E-state index contributed by atoms with van der Waals surface area (Å²) in [6, 6.07) is 0.154. The number of nitrogens with zero attached hydrogens (tertiary/aromatic N) is 1. The third-order valence-corrected chi connectivity index (χ3v) is 3.01. The van der Waals surface area contributed by atoms with Gasteiger partial charge in [-0.2, -0.15) is 0 Å². The van der Waals surface area contributed by atoms with Gasteiger partial charge in [0.15, 0.2) is 0 Å². The normalized spacial score (nSPS) is 19.2. The van der Waals surface area contributed by atoms with Gasteiger partial charge in [-0.1, -0.05) is 13.8 Å². The quantitative estimate of drug-likeness (QED) is 0.741. The maximum Gasteiger partial charge on any atom is 0.239 e. The largest absolute Gasteiger partial charge is 0.341 e. The first-order valence-electron chi connectivity index (χ1n) is 5.54. The molecule has 0 aliphatic heterocycles. The zero-order valence-corrected chi connectivity index (χ0v) is 9.49. The minimum absolute atomic E-state index is 0.114. The van der Waals surface area contributed by atoms with E-state index < -0.39 is 0 Å². The molecule has 1 unspecified atom stereocenters. The molecule has 2 N–H and O–H groups in total. The molecule has 3 nitrogen and oxygen atoms in total. The van der Waals surface area contributed by atoms with E-state index in [1.807, 2.05) is 11.9 Å². The molecule has 0 saturated heterocycles. The van der Waals surface area contributed by atoms with Gasteiger partial charge in [-0.25, -0.2) is 0 Å². The average Bonchev–Trinajstić information content (AvgIpc) is 1.98. The summed E-state index contributed by atoms with van der Waals surface area (Å²) in [6.07, 6.45) is 4.34. The Hall–Kier alpha value is -0.570. The Bertz CT molecular complexity index is 199. The predicted octanol–water partition coefficient (Wildman–Crippen LogP) is 1.37. The lowest BCUT2D eigenvalue weighted by Crippen LogP contribution is -2.49. The lowest BCUT2D eigenvalue weighted by Gasteiger charge is -2.36. The summed E-state index contributed by atoms with van der Waals surface area (Å²) in [6.45, 7) is 4.19. The summed E-state index contributed by atoms with van der Waals surface area (Å²) in [5, 5.41) is 0. The minimum atomic E-state index is -0.305. The molecule has 1 fully saturated rings. The van der Waals surface area contributed by atoms with Crippen molar-refractivity contribution in [2.24, 2.45) is 11.7 Å². The third-order valence-electron chi connectivity index (χ3n) is 3.01. The first-order valence-corrected chi connectivity index (χ1v) is 5.54. The average molecular weight is 198 g/mol. The smallest absolute Gasteiger partial charge is 0.239 e. The summed E-state index contributed by atoms with van der Waals surface area (Å²) in [7, 11) is 1.88. The monoisotopic (exact) mass is 198 g/mol. The number of likely N-dealkylation sites (N-methyl/N-ethyl adjacent to an activating group) is 1. The molecule has 3 heteroatoms. The molecule has 0 spiro atoms. The number of carbonyl (C=O) groups excluding carboxylic acids is 1.